The highest BCUT2D eigenvalue weighted by Crippen LogP contribution is 2.27. The Morgan fingerprint density at radius 2 is 2.00 bits per heavy atom. The molecule has 0 bridgehead atoms. The van der Waals surface area contributed by atoms with E-state index in [1.54, 1.807) is 4.57 Å². The van der Waals surface area contributed by atoms with Crippen LogP contribution in [-0.4, -0.2) is 17.8 Å². The SMILES string of the molecule is COC(=O)n1cc(C(C)C)c2ccccc21. The van der Waals surface area contributed by atoms with Gasteiger partial charge in [-0.1, -0.05) is 32.0 Å². The maximum Gasteiger partial charge on any atom is 0.418 e. The van der Waals surface area contributed by atoms with Gasteiger partial charge in [0.05, 0.1) is 12.6 Å². The van der Waals surface area contributed by atoms with E-state index in [1.165, 1.54) is 12.7 Å². The Hall–Kier alpha value is -1.77. The van der Waals surface area contributed by atoms with Crippen LogP contribution >= 0.6 is 0 Å². The van der Waals surface area contributed by atoms with Crippen LogP contribution in [0.2, 0.25) is 0 Å². The summed E-state index contributed by atoms with van der Waals surface area (Å²) >= 11 is 0. The second kappa shape index (κ2) is 4.00. The quantitative estimate of drug-likeness (QED) is 0.733. The van der Waals surface area contributed by atoms with Crippen molar-refractivity contribution in [3.05, 3.63) is 36.0 Å². The number of rotatable bonds is 1. The zero-order chi connectivity index (χ0) is 11.7. The van der Waals surface area contributed by atoms with Gasteiger partial charge in [0, 0.05) is 11.6 Å². The van der Waals surface area contributed by atoms with E-state index in [2.05, 4.69) is 13.8 Å². The van der Waals surface area contributed by atoms with Crippen LogP contribution in [0.15, 0.2) is 30.5 Å². The lowest BCUT2D eigenvalue weighted by Gasteiger charge is -2.00. The summed E-state index contributed by atoms with van der Waals surface area (Å²) in [5, 5.41) is 1.11. The number of para-hydroxylation sites is 1. The molecule has 0 saturated heterocycles. The number of carbonyl (C=O) groups is 1. The molecule has 3 nitrogen and oxygen atoms in total. The molecule has 0 aliphatic carbocycles. The van der Waals surface area contributed by atoms with Crippen molar-refractivity contribution in [1.82, 2.24) is 4.57 Å². The van der Waals surface area contributed by atoms with Crippen LogP contribution in [0.1, 0.15) is 25.3 Å². The maximum atomic E-state index is 11.6. The maximum absolute atomic E-state index is 11.6. The lowest BCUT2D eigenvalue weighted by Crippen LogP contribution is -2.09. The highest BCUT2D eigenvalue weighted by molar-refractivity contribution is 5.92. The molecule has 2 rings (SSSR count). The first-order valence-electron chi connectivity index (χ1n) is 5.33. The van der Waals surface area contributed by atoms with Crippen molar-refractivity contribution in [3.63, 3.8) is 0 Å². The van der Waals surface area contributed by atoms with Crippen molar-refractivity contribution in [2.24, 2.45) is 0 Å². The molecule has 84 valence electrons. The molecule has 0 unspecified atom stereocenters. The van der Waals surface area contributed by atoms with E-state index in [0.29, 0.717) is 5.92 Å². The Morgan fingerprint density at radius 1 is 1.31 bits per heavy atom. The highest BCUT2D eigenvalue weighted by atomic mass is 16.5. The van der Waals surface area contributed by atoms with Crippen LogP contribution < -0.4 is 0 Å². The van der Waals surface area contributed by atoms with Crippen molar-refractivity contribution in [2.45, 2.75) is 19.8 Å². The number of benzene rings is 1. The number of aromatic nitrogens is 1. The third-order valence-corrected chi connectivity index (χ3v) is 2.74. The molecule has 2 aromatic rings. The summed E-state index contributed by atoms with van der Waals surface area (Å²) < 4.78 is 6.32. The van der Waals surface area contributed by atoms with Crippen molar-refractivity contribution in [3.8, 4) is 0 Å². The van der Waals surface area contributed by atoms with Gasteiger partial charge >= 0.3 is 6.09 Å². The number of nitrogens with zero attached hydrogens (tertiary/aromatic N) is 1. The van der Waals surface area contributed by atoms with Crippen molar-refractivity contribution in [2.75, 3.05) is 7.11 Å². The molecule has 1 aromatic heterocycles. The number of carbonyl (C=O) groups excluding carboxylic acids is 1. The van der Waals surface area contributed by atoms with Crippen LogP contribution in [0.3, 0.4) is 0 Å². The summed E-state index contributed by atoms with van der Waals surface area (Å²) in [6.07, 6.45) is 1.52. The summed E-state index contributed by atoms with van der Waals surface area (Å²) in [5.41, 5.74) is 2.07. The molecule has 0 N–H and O–H groups in total. The van der Waals surface area contributed by atoms with Crippen LogP contribution in [-0.2, 0) is 4.74 Å². The normalized spacial score (nSPS) is 11.0. The van der Waals surface area contributed by atoms with Gasteiger partial charge in [0.15, 0.2) is 0 Å². The minimum Gasteiger partial charge on any atom is -0.452 e. The molecule has 3 heteroatoms. The van der Waals surface area contributed by atoms with E-state index in [9.17, 15) is 4.79 Å². The first-order valence-corrected chi connectivity index (χ1v) is 5.33. The monoisotopic (exact) mass is 217 g/mol. The van der Waals surface area contributed by atoms with Crippen LogP contribution in [0.25, 0.3) is 10.9 Å². The molecule has 1 aromatic carbocycles. The summed E-state index contributed by atoms with van der Waals surface area (Å²) in [4.78, 5) is 11.6. The topological polar surface area (TPSA) is 31.2 Å². The van der Waals surface area contributed by atoms with Crippen molar-refractivity contribution >= 4 is 17.0 Å². The van der Waals surface area contributed by atoms with Crippen LogP contribution in [0.5, 0.6) is 0 Å². The Balaban J connectivity index is 2.71. The predicted octanol–water partition coefficient (Wildman–Crippen LogP) is 3.38. The molecule has 0 aliphatic heterocycles. The Morgan fingerprint density at radius 3 is 2.62 bits per heavy atom. The predicted molar refractivity (Wildman–Crippen MR) is 63.8 cm³/mol. The average Bonchev–Trinajstić information content (AvgIpc) is 2.67. The third-order valence-electron chi connectivity index (χ3n) is 2.74. The number of hydrogen-bond donors (Lipinski definition) is 0. The number of hydrogen-bond acceptors (Lipinski definition) is 2. The van der Waals surface area contributed by atoms with Gasteiger partial charge in [0.1, 0.15) is 0 Å². The smallest absolute Gasteiger partial charge is 0.418 e. The number of fused-ring (bicyclic) bond motifs is 1. The first-order chi connectivity index (χ1) is 7.65. The van der Waals surface area contributed by atoms with Gasteiger partial charge in [-0.25, -0.2) is 4.79 Å². The molecule has 0 aliphatic rings. The summed E-state index contributed by atoms with van der Waals surface area (Å²) in [6.45, 7) is 4.23. The van der Waals surface area contributed by atoms with E-state index in [-0.39, 0.29) is 6.09 Å². The summed E-state index contributed by atoms with van der Waals surface area (Å²) in [5.74, 6) is 0.385. The highest BCUT2D eigenvalue weighted by Gasteiger charge is 2.14. The minimum atomic E-state index is -0.344. The van der Waals surface area contributed by atoms with Crippen molar-refractivity contribution < 1.29 is 9.53 Å². The van der Waals surface area contributed by atoms with Gasteiger partial charge in [-0.2, -0.15) is 0 Å². The van der Waals surface area contributed by atoms with Gasteiger partial charge in [-0.15, -0.1) is 0 Å². The fourth-order valence-electron chi connectivity index (χ4n) is 1.92. The fraction of sp³-hybridized carbons (Fsp3) is 0.308. The molecule has 0 saturated carbocycles. The molecule has 0 fully saturated rings. The number of ether oxygens (including phenoxy) is 1. The van der Waals surface area contributed by atoms with Crippen LogP contribution in [0, 0.1) is 0 Å². The van der Waals surface area contributed by atoms with E-state index in [1.807, 2.05) is 30.5 Å². The van der Waals surface area contributed by atoms with E-state index in [4.69, 9.17) is 4.74 Å². The second-order valence-corrected chi connectivity index (χ2v) is 4.10. The van der Waals surface area contributed by atoms with Gasteiger partial charge in [-0.3, -0.25) is 4.57 Å². The van der Waals surface area contributed by atoms with Gasteiger partial charge in [0.2, 0.25) is 0 Å². The molecule has 0 radical (unpaired) electrons. The van der Waals surface area contributed by atoms with E-state index in [0.717, 1.165) is 10.9 Å². The average molecular weight is 217 g/mol. The summed E-state index contributed by atoms with van der Waals surface area (Å²) in [6, 6.07) is 7.87. The Labute approximate surface area is 94.6 Å². The minimum absolute atomic E-state index is 0.344. The van der Waals surface area contributed by atoms with E-state index >= 15 is 0 Å². The summed E-state index contributed by atoms with van der Waals surface area (Å²) in [7, 11) is 1.39. The largest absolute Gasteiger partial charge is 0.452 e. The third kappa shape index (κ3) is 1.58. The van der Waals surface area contributed by atoms with Gasteiger partial charge in [-0.05, 0) is 17.5 Å². The lowest BCUT2D eigenvalue weighted by atomic mass is 10.0. The first kappa shape index (κ1) is 10.7. The molecule has 16 heavy (non-hydrogen) atoms. The molecule has 0 amide bonds. The number of methoxy groups -OCH3 is 1. The lowest BCUT2D eigenvalue weighted by molar-refractivity contribution is 0.174. The Kier molecular flexibility index (Phi) is 2.69. The van der Waals surface area contributed by atoms with E-state index < -0.39 is 0 Å². The molecule has 0 spiro atoms. The Bertz CT molecular complexity index is 526. The van der Waals surface area contributed by atoms with Gasteiger partial charge in [0.25, 0.3) is 0 Å². The van der Waals surface area contributed by atoms with Gasteiger partial charge < -0.3 is 4.74 Å². The molecule has 0 atom stereocenters. The fourth-order valence-corrected chi connectivity index (χ4v) is 1.92. The molecular formula is C13H15NO2. The molecule has 1 heterocycles. The molecular weight excluding hydrogens is 202 g/mol. The second-order valence-electron chi connectivity index (χ2n) is 4.10. The standard InChI is InChI=1S/C13H15NO2/c1-9(2)11-8-14(13(15)16-3)12-7-5-4-6-10(11)12/h4-9H,1-3H3. The van der Waals surface area contributed by atoms with Crippen LogP contribution in [0.4, 0.5) is 4.79 Å². The zero-order valence-corrected chi connectivity index (χ0v) is 9.73. The van der Waals surface area contributed by atoms with Crippen molar-refractivity contribution in [1.29, 1.82) is 0 Å². The zero-order valence-electron chi connectivity index (χ0n) is 9.73.